The van der Waals surface area contributed by atoms with Crippen LogP contribution in [0.25, 0.3) is 4.96 Å². The molecule has 0 atom stereocenters. The first kappa shape index (κ1) is 15.0. The molecule has 7 heteroatoms. The van der Waals surface area contributed by atoms with E-state index in [0.717, 1.165) is 47.4 Å². The Bertz CT molecular complexity index is 936. The van der Waals surface area contributed by atoms with Crippen molar-refractivity contribution in [2.24, 2.45) is 0 Å². The summed E-state index contributed by atoms with van der Waals surface area (Å²) >= 11 is 1.61. The number of aromatic nitrogens is 6. The predicted octanol–water partition coefficient (Wildman–Crippen LogP) is 2.78. The Morgan fingerprint density at radius 3 is 2.79 bits per heavy atom. The van der Waals surface area contributed by atoms with Crippen LogP contribution in [0.3, 0.4) is 0 Å². The largest absolute Gasteiger partial charge is 0.335 e. The molecule has 0 amide bonds. The summed E-state index contributed by atoms with van der Waals surface area (Å²) in [6.07, 6.45) is 6.45. The van der Waals surface area contributed by atoms with Crippen molar-refractivity contribution in [2.45, 2.75) is 32.7 Å². The number of rotatable bonds is 6. The lowest BCUT2D eigenvalue weighted by molar-refractivity contribution is 0.647. The molecule has 0 aliphatic carbocycles. The summed E-state index contributed by atoms with van der Waals surface area (Å²) in [7, 11) is 0. The molecule has 3 heterocycles. The third-order valence-corrected chi connectivity index (χ3v) is 4.95. The summed E-state index contributed by atoms with van der Waals surface area (Å²) in [5, 5.41) is 14.3. The Morgan fingerprint density at radius 1 is 1.08 bits per heavy atom. The molecule has 6 nitrogen and oxygen atoms in total. The molecule has 0 aliphatic rings. The van der Waals surface area contributed by atoms with Crippen LogP contribution in [0, 0.1) is 0 Å². The minimum absolute atomic E-state index is 0.743. The molecular formula is C17H18N6S. The van der Waals surface area contributed by atoms with Crippen molar-refractivity contribution in [3.63, 3.8) is 0 Å². The summed E-state index contributed by atoms with van der Waals surface area (Å²) in [6, 6.07) is 10.3. The smallest absolute Gasteiger partial charge is 0.234 e. The third-order valence-electron chi connectivity index (χ3n) is 3.99. The van der Waals surface area contributed by atoms with E-state index in [1.54, 1.807) is 11.3 Å². The van der Waals surface area contributed by atoms with Gasteiger partial charge in [0.05, 0.1) is 0 Å². The molecule has 0 spiro atoms. The van der Waals surface area contributed by atoms with Crippen molar-refractivity contribution >= 4 is 16.3 Å². The van der Waals surface area contributed by atoms with E-state index in [9.17, 15) is 0 Å². The molecule has 1 aromatic carbocycles. The maximum atomic E-state index is 4.70. The first-order valence-corrected chi connectivity index (χ1v) is 8.89. The number of hydrogen-bond donors (Lipinski definition) is 0. The van der Waals surface area contributed by atoms with Gasteiger partial charge in [0.15, 0.2) is 5.82 Å². The van der Waals surface area contributed by atoms with Crippen molar-refractivity contribution in [3.05, 3.63) is 64.9 Å². The minimum Gasteiger partial charge on any atom is -0.335 e. The summed E-state index contributed by atoms with van der Waals surface area (Å²) in [4.78, 5) is 5.22. The van der Waals surface area contributed by atoms with E-state index in [0.29, 0.717) is 0 Å². The highest BCUT2D eigenvalue weighted by atomic mass is 32.1. The number of imidazole rings is 1. The zero-order valence-electron chi connectivity index (χ0n) is 13.5. The monoisotopic (exact) mass is 338 g/mol. The molecule has 0 saturated heterocycles. The molecule has 122 valence electrons. The first-order chi connectivity index (χ1) is 11.8. The number of benzene rings is 1. The van der Waals surface area contributed by atoms with Crippen molar-refractivity contribution in [2.75, 3.05) is 0 Å². The van der Waals surface area contributed by atoms with E-state index in [2.05, 4.69) is 38.8 Å². The second-order valence-electron chi connectivity index (χ2n) is 5.61. The third kappa shape index (κ3) is 2.94. The van der Waals surface area contributed by atoms with Crippen molar-refractivity contribution in [3.8, 4) is 0 Å². The molecule has 0 fully saturated rings. The quantitative estimate of drug-likeness (QED) is 0.542. The molecule has 0 bridgehead atoms. The summed E-state index contributed by atoms with van der Waals surface area (Å²) in [5.41, 5.74) is 1.22. The Labute approximate surface area is 143 Å². The van der Waals surface area contributed by atoms with Gasteiger partial charge in [-0.3, -0.25) is 0 Å². The lowest BCUT2D eigenvalue weighted by atomic mass is 10.1. The van der Waals surface area contributed by atoms with E-state index < -0.39 is 0 Å². The van der Waals surface area contributed by atoms with Crippen LogP contribution in [-0.2, 0) is 25.8 Å². The van der Waals surface area contributed by atoms with Crippen LogP contribution >= 0.6 is 11.3 Å². The van der Waals surface area contributed by atoms with E-state index in [-0.39, 0.29) is 0 Å². The molecule has 4 aromatic rings. The Balaban J connectivity index is 1.51. The normalized spacial score (nSPS) is 11.4. The highest BCUT2D eigenvalue weighted by Crippen LogP contribution is 2.17. The van der Waals surface area contributed by atoms with Gasteiger partial charge >= 0.3 is 0 Å². The maximum Gasteiger partial charge on any atom is 0.234 e. The number of aryl methyl sites for hydroxylation is 3. The highest BCUT2D eigenvalue weighted by molar-refractivity contribution is 7.16. The Hall–Kier alpha value is -2.54. The van der Waals surface area contributed by atoms with Gasteiger partial charge in [-0.1, -0.05) is 48.6 Å². The molecule has 4 rings (SSSR count). The topological polar surface area (TPSA) is 60.9 Å². The molecule has 3 aromatic heterocycles. The average molecular weight is 338 g/mol. The summed E-state index contributed by atoms with van der Waals surface area (Å²) in [5.74, 6) is 2.00. The van der Waals surface area contributed by atoms with E-state index in [1.807, 2.05) is 35.1 Å². The standard InChI is InChI=1S/C17H18N6S/c1-2-14-18-9-11-22(14)10-8-16-21-23-15(19-20-17(23)24-16)12-13-6-4-3-5-7-13/h3-7,9,11H,2,8,10,12H2,1H3. The number of nitrogens with zero attached hydrogens (tertiary/aromatic N) is 6. The molecule has 24 heavy (non-hydrogen) atoms. The maximum absolute atomic E-state index is 4.70. The van der Waals surface area contributed by atoms with Gasteiger partial charge in [-0.2, -0.15) is 9.61 Å². The van der Waals surface area contributed by atoms with Crippen LogP contribution in [0.2, 0.25) is 0 Å². The SMILES string of the molecule is CCc1nccn1CCc1nn2c(Cc3ccccc3)nnc2s1. The van der Waals surface area contributed by atoms with Crippen molar-refractivity contribution in [1.82, 2.24) is 29.4 Å². The summed E-state index contributed by atoms with van der Waals surface area (Å²) < 4.78 is 4.06. The molecule has 0 unspecified atom stereocenters. The van der Waals surface area contributed by atoms with Crippen LogP contribution in [0.5, 0.6) is 0 Å². The van der Waals surface area contributed by atoms with Gasteiger partial charge in [-0.15, -0.1) is 10.2 Å². The van der Waals surface area contributed by atoms with Crippen LogP contribution in [0.4, 0.5) is 0 Å². The van der Waals surface area contributed by atoms with Gasteiger partial charge in [-0.25, -0.2) is 4.98 Å². The first-order valence-electron chi connectivity index (χ1n) is 8.07. The lowest BCUT2D eigenvalue weighted by Crippen LogP contribution is -2.05. The van der Waals surface area contributed by atoms with Crippen molar-refractivity contribution < 1.29 is 0 Å². The van der Waals surface area contributed by atoms with Crippen LogP contribution in [0.15, 0.2) is 42.7 Å². The number of hydrogen-bond acceptors (Lipinski definition) is 5. The van der Waals surface area contributed by atoms with E-state index in [4.69, 9.17) is 5.10 Å². The van der Waals surface area contributed by atoms with Gasteiger partial charge in [0.1, 0.15) is 10.8 Å². The van der Waals surface area contributed by atoms with Gasteiger partial charge < -0.3 is 4.57 Å². The molecular weight excluding hydrogens is 320 g/mol. The lowest BCUT2D eigenvalue weighted by Gasteiger charge is -2.03. The molecule has 0 radical (unpaired) electrons. The van der Waals surface area contributed by atoms with Crippen LogP contribution < -0.4 is 0 Å². The number of fused-ring (bicyclic) bond motifs is 1. The fourth-order valence-electron chi connectivity index (χ4n) is 2.76. The predicted molar refractivity (Wildman–Crippen MR) is 93.2 cm³/mol. The van der Waals surface area contributed by atoms with Crippen LogP contribution in [0.1, 0.15) is 29.1 Å². The second-order valence-corrected chi connectivity index (χ2v) is 6.65. The fraction of sp³-hybridized carbons (Fsp3) is 0.294. The zero-order valence-corrected chi connectivity index (χ0v) is 14.3. The average Bonchev–Trinajstić information content (AvgIpc) is 3.30. The van der Waals surface area contributed by atoms with Gasteiger partial charge in [0.25, 0.3) is 0 Å². The van der Waals surface area contributed by atoms with Crippen molar-refractivity contribution in [1.29, 1.82) is 0 Å². The highest BCUT2D eigenvalue weighted by Gasteiger charge is 2.12. The Kier molecular flexibility index (Phi) is 4.08. The molecule has 0 N–H and O–H groups in total. The fourth-order valence-corrected chi connectivity index (χ4v) is 3.60. The minimum atomic E-state index is 0.743. The van der Waals surface area contributed by atoms with E-state index >= 15 is 0 Å². The Morgan fingerprint density at radius 2 is 1.96 bits per heavy atom. The van der Waals surface area contributed by atoms with Crippen LogP contribution in [-0.4, -0.2) is 29.4 Å². The van der Waals surface area contributed by atoms with E-state index in [1.165, 1.54) is 5.56 Å². The van der Waals surface area contributed by atoms with Gasteiger partial charge in [-0.05, 0) is 5.56 Å². The summed E-state index contributed by atoms with van der Waals surface area (Å²) in [6.45, 7) is 3.01. The zero-order chi connectivity index (χ0) is 16.4. The van der Waals surface area contributed by atoms with Gasteiger partial charge in [0.2, 0.25) is 4.96 Å². The van der Waals surface area contributed by atoms with Gasteiger partial charge in [0, 0.05) is 38.2 Å². The molecule has 0 saturated carbocycles. The molecule has 0 aliphatic heterocycles. The second kappa shape index (κ2) is 6.52.